The SMILES string of the molecule is O=C(O)c1cc(C2CCCCC2)cc(N2CCCC2=O)c1. The lowest BCUT2D eigenvalue weighted by Crippen LogP contribution is -2.24. The molecule has 1 saturated heterocycles. The van der Waals surface area contributed by atoms with E-state index in [0.29, 0.717) is 24.4 Å². The lowest BCUT2D eigenvalue weighted by Gasteiger charge is -2.24. The quantitative estimate of drug-likeness (QED) is 0.924. The zero-order valence-corrected chi connectivity index (χ0v) is 12.2. The Bertz CT molecular complexity index is 561. The molecule has 1 aliphatic carbocycles. The predicted octanol–water partition coefficient (Wildman–Crippen LogP) is 3.56. The zero-order valence-electron chi connectivity index (χ0n) is 12.2. The minimum Gasteiger partial charge on any atom is -0.478 e. The van der Waals surface area contributed by atoms with Gasteiger partial charge < -0.3 is 10.0 Å². The number of nitrogens with zero attached hydrogens (tertiary/aromatic N) is 1. The molecule has 2 fully saturated rings. The number of hydrogen-bond donors (Lipinski definition) is 1. The van der Waals surface area contributed by atoms with E-state index in [1.54, 1.807) is 17.0 Å². The van der Waals surface area contributed by atoms with Crippen molar-refractivity contribution in [2.75, 3.05) is 11.4 Å². The van der Waals surface area contributed by atoms with E-state index < -0.39 is 5.97 Å². The van der Waals surface area contributed by atoms with Gasteiger partial charge >= 0.3 is 5.97 Å². The Morgan fingerprint density at radius 3 is 2.48 bits per heavy atom. The van der Waals surface area contributed by atoms with E-state index in [-0.39, 0.29) is 5.91 Å². The third-order valence-electron chi connectivity index (χ3n) is 4.65. The van der Waals surface area contributed by atoms with Gasteiger partial charge in [-0.05, 0) is 48.9 Å². The van der Waals surface area contributed by atoms with Gasteiger partial charge in [-0.1, -0.05) is 19.3 Å². The molecule has 0 atom stereocenters. The van der Waals surface area contributed by atoms with Gasteiger partial charge in [-0.15, -0.1) is 0 Å². The number of anilines is 1. The van der Waals surface area contributed by atoms with E-state index in [2.05, 4.69) is 0 Å². The van der Waals surface area contributed by atoms with E-state index in [0.717, 1.165) is 30.5 Å². The molecule has 21 heavy (non-hydrogen) atoms. The van der Waals surface area contributed by atoms with Gasteiger partial charge in [-0.2, -0.15) is 0 Å². The number of carbonyl (C=O) groups excluding carboxylic acids is 1. The number of carboxylic acids is 1. The Labute approximate surface area is 124 Å². The van der Waals surface area contributed by atoms with Crippen molar-refractivity contribution in [1.29, 1.82) is 0 Å². The van der Waals surface area contributed by atoms with Gasteiger partial charge in [-0.25, -0.2) is 4.79 Å². The highest BCUT2D eigenvalue weighted by Crippen LogP contribution is 2.35. The average Bonchev–Trinajstić information content (AvgIpc) is 2.94. The molecular formula is C17H21NO3. The number of carbonyl (C=O) groups is 2. The summed E-state index contributed by atoms with van der Waals surface area (Å²) < 4.78 is 0. The maximum Gasteiger partial charge on any atom is 0.335 e. The van der Waals surface area contributed by atoms with Gasteiger partial charge in [0.1, 0.15) is 0 Å². The number of carboxylic acid groups (broad SMARTS) is 1. The highest BCUT2D eigenvalue weighted by atomic mass is 16.4. The third kappa shape index (κ3) is 2.94. The topological polar surface area (TPSA) is 57.6 Å². The summed E-state index contributed by atoms with van der Waals surface area (Å²) >= 11 is 0. The van der Waals surface area contributed by atoms with Crippen molar-refractivity contribution in [3.63, 3.8) is 0 Å². The first-order chi connectivity index (χ1) is 10.1. The van der Waals surface area contributed by atoms with E-state index in [1.807, 2.05) is 6.07 Å². The Hall–Kier alpha value is -1.84. The second-order valence-corrected chi connectivity index (χ2v) is 6.10. The fraction of sp³-hybridized carbons (Fsp3) is 0.529. The van der Waals surface area contributed by atoms with Crippen LogP contribution in [-0.4, -0.2) is 23.5 Å². The Kier molecular flexibility index (Phi) is 3.95. The minimum absolute atomic E-state index is 0.104. The number of rotatable bonds is 3. The molecule has 0 unspecified atom stereocenters. The summed E-state index contributed by atoms with van der Waals surface area (Å²) in [5.41, 5.74) is 2.15. The maximum atomic E-state index is 11.9. The molecule has 0 aromatic heterocycles. The van der Waals surface area contributed by atoms with E-state index in [4.69, 9.17) is 0 Å². The normalized spacial score (nSPS) is 20.0. The summed E-state index contributed by atoms with van der Waals surface area (Å²) in [6.07, 6.45) is 7.35. The second-order valence-electron chi connectivity index (χ2n) is 6.10. The molecule has 4 heteroatoms. The lowest BCUT2D eigenvalue weighted by molar-refractivity contribution is -0.117. The zero-order chi connectivity index (χ0) is 14.8. The van der Waals surface area contributed by atoms with Gasteiger partial charge in [0.05, 0.1) is 5.56 Å². The van der Waals surface area contributed by atoms with Gasteiger partial charge in [0.2, 0.25) is 5.91 Å². The van der Waals surface area contributed by atoms with Crippen molar-refractivity contribution in [2.45, 2.75) is 50.9 Å². The van der Waals surface area contributed by atoms with Crippen LogP contribution in [0.2, 0.25) is 0 Å². The predicted molar refractivity (Wildman–Crippen MR) is 80.8 cm³/mol. The fourth-order valence-electron chi connectivity index (χ4n) is 3.51. The molecule has 1 heterocycles. The van der Waals surface area contributed by atoms with Gasteiger partial charge in [-0.3, -0.25) is 4.79 Å². The van der Waals surface area contributed by atoms with Crippen LogP contribution in [0.15, 0.2) is 18.2 Å². The Morgan fingerprint density at radius 2 is 1.86 bits per heavy atom. The summed E-state index contributed by atoms with van der Waals surface area (Å²) in [5, 5.41) is 9.34. The van der Waals surface area contributed by atoms with E-state index in [1.165, 1.54) is 19.3 Å². The monoisotopic (exact) mass is 287 g/mol. The minimum atomic E-state index is -0.916. The molecule has 4 nitrogen and oxygen atoms in total. The second kappa shape index (κ2) is 5.88. The van der Waals surface area contributed by atoms with Crippen LogP contribution < -0.4 is 4.90 Å². The summed E-state index contributed by atoms with van der Waals surface area (Å²) in [6.45, 7) is 0.700. The van der Waals surface area contributed by atoms with Crippen molar-refractivity contribution >= 4 is 17.6 Å². The van der Waals surface area contributed by atoms with Crippen LogP contribution >= 0.6 is 0 Å². The Balaban J connectivity index is 1.97. The largest absolute Gasteiger partial charge is 0.478 e. The highest BCUT2D eigenvalue weighted by molar-refractivity contribution is 5.97. The maximum absolute atomic E-state index is 11.9. The first-order valence-corrected chi connectivity index (χ1v) is 7.84. The van der Waals surface area contributed by atoms with Crippen LogP contribution in [0.5, 0.6) is 0 Å². The average molecular weight is 287 g/mol. The van der Waals surface area contributed by atoms with Crippen molar-refractivity contribution < 1.29 is 14.7 Å². The van der Waals surface area contributed by atoms with Gasteiger partial charge in [0, 0.05) is 18.7 Å². The van der Waals surface area contributed by atoms with Crippen molar-refractivity contribution in [1.82, 2.24) is 0 Å². The van der Waals surface area contributed by atoms with Crippen LogP contribution in [0, 0.1) is 0 Å². The molecule has 1 amide bonds. The number of hydrogen-bond acceptors (Lipinski definition) is 2. The first kappa shape index (κ1) is 14.1. The number of benzene rings is 1. The van der Waals surface area contributed by atoms with E-state index >= 15 is 0 Å². The highest BCUT2D eigenvalue weighted by Gasteiger charge is 2.25. The van der Waals surface area contributed by atoms with Crippen LogP contribution in [0.25, 0.3) is 0 Å². The van der Waals surface area contributed by atoms with Crippen LogP contribution in [-0.2, 0) is 4.79 Å². The number of amides is 1. The molecule has 1 aromatic carbocycles. The third-order valence-corrected chi connectivity index (χ3v) is 4.65. The lowest BCUT2D eigenvalue weighted by atomic mass is 9.83. The molecule has 1 aromatic rings. The fourth-order valence-corrected chi connectivity index (χ4v) is 3.51. The smallest absolute Gasteiger partial charge is 0.335 e. The molecule has 1 saturated carbocycles. The summed E-state index contributed by atoms with van der Waals surface area (Å²) in [7, 11) is 0. The Morgan fingerprint density at radius 1 is 1.10 bits per heavy atom. The van der Waals surface area contributed by atoms with Crippen LogP contribution in [0.3, 0.4) is 0 Å². The molecule has 0 radical (unpaired) electrons. The van der Waals surface area contributed by atoms with Gasteiger partial charge in [0.15, 0.2) is 0 Å². The summed E-state index contributed by atoms with van der Waals surface area (Å²) in [4.78, 5) is 25.0. The van der Waals surface area contributed by atoms with Crippen molar-refractivity contribution in [3.05, 3.63) is 29.3 Å². The molecular weight excluding hydrogens is 266 g/mol. The van der Waals surface area contributed by atoms with Crippen LogP contribution in [0.1, 0.15) is 66.8 Å². The molecule has 1 N–H and O–H groups in total. The molecule has 2 aliphatic rings. The van der Waals surface area contributed by atoms with Crippen LogP contribution in [0.4, 0.5) is 5.69 Å². The molecule has 0 spiro atoms. The standard InChI is InChI=1S/C17H21NO3/c19-16-7-4-8-18(16)15-10-13(9-14(11-15)17(20)21)12-5-2-1-3-6-12/h9-12H,1-8H2,(H,20,21). The van der Waals surface area contributed by atoms with Crippen molar-refractivity contribution in [2.24, 2.45) is 0 Å². The van der Waals surface area contributed by atoms with E-state index in [9.17, 15) is 14.7 Å². The summed E-state index contributed by atoms with van der Waals surface area (Å²) in [5.74, 6) is -0.373. The molecule has 3 rings (SSSR count). The molecule has 0 bridgehead atoms. The molecule has 112 valence electrons. The molecule has 1 aliphatic heterocycles. The van der Waals surface area contributed by atoms with Crippen molar-refractivity contribution in [3.8, 4) is 0 Å². The van der Waals surface area contributed by atoms with Gasteiger partial charge in [0.25, 0.3) is 0 Å². The number of aromatic carboxylic acids is 1. The summed E-state index contributed by atoms with van der Waals surface area (Å²) in [6, 6.07) is 5.46. The first-order valence-electron chi connectivity index (χ1n) is 7.84.